The molecular weight excluding hydrogens is 540 g/mol. The molecule has 0 spiro atoms. The van der Waals surface area contributed by atoms with E-state index in [4.69, 9.17) is 14.2 Å². The van der Waals surface area contributed by atoms with E-state index in [1.54, 1.807) is 32.0 Å². The Balaban J connectivity index is 1.74. The van der Waals surface area contributed by atoms with E-state index in [9.17, 15) is 23.1 Å². The molecule has 2 aromatic carbocycles. The zero-order valence-electron chi connectivity index (χ0n) is 23.1. The minimum atomic E-state index is -4.22. The van der Waals surface area contributed by atoms with Crippen molar-refractivity contribution in [3.63, 3.8) is 0 Å². The van der Waals surface area contributed by atoms with Crippen LogP contribution in [0, 0.1) is 12.8 Å². The van der Waals surface area contributed by atoms with Gasteiger partial charge in [0.1, 0.15) is 10.6 Å². The summed E-state index contributed by atoms with van der Waals surface area (Å²) in [5.74, 6) is -0.782. The van der Waals surface area contributed by atoms with Gasteiger partial charge in [0.05, 0.1) is 5.54 Å². The van der Waals surface area contributed by atoms with Crippen molar-refractivity contribution in [1.29, 1.82) is 0 Å². The molecule has 3 N–H and O–H groups in total. The van der Waals surface area contributed by atoms with Crippen LogP contribution in [0.3, 0.4) is 0 Å². The molecule has 1 aliphatic heterocycles. The summed E-state index contributed by atoms with van der Waals surface area (Å²) in [5.41, 5.74) is 0.219. The Bertz CT molecular complexity index is 1570. The van der Waals surface area contributed by atoms with E-state index in [1.807, 2.05) is 20.8 Å². The van der Waals surface area contributed by atoms with E-state index < -0.39 is 21.5 Å². The molecule has 1 aromatic heterocycles. The Morgan fingerprint density at radius 3 is 2.48 bits per heavy atom. The fraction of sp³-hybridized carbons (Fsp3) is 0.370. The van der Waals surface area contributed by atoms with Gasteiger partial charge < -0.3 is 24.6 Å². The molecule has 0 atom stereocenters. The van der Waals surface area contributed by atoms with E-state index in [1.165, 1.54) is 29.8 Å². The van der Waals surface area contributed by atoms with E-state index in [0.717, 1.165) is 0 Å². The second kappa shape index (κ2) is 10.8. The molecule has 0 aliphatic carbocycles. The second-order valence-electron chi connectivity index (χ2n) is 10.6. The Morgan fingerprint density at radius 2 is 1.82 bits per heavy atom. The number of ether oxygens (including phenoxy) is 3. The van der Waals surface area contributed by atoms with Gasteiger partial charge in [0, 0.05) is 23.7 Å². The summed E-state index contributed by atoms with van der Waals surface area (Å²) < 4.78 is 48.0. The summed E-state index contributed by atoms with van der Waals surface area (Å²) in [4.78, 5) is 23.9. The number of amides is 1. The predicted molar refractivity (Wildman–Crippen MR) is 145 cm³/mol. The number of aromatic carboxylic acids is 1. The number of carboxylic acid groups (broad SMARTS) is 1. The first-order valence-corrected chi connectivity index (χ1v) is 14.0. The number of sulfonamides is 1. The van der Waals surface area contributed by atoms with Gasteiger partial charge in [0.2, 0.25) is 28.6 Å². The monoisotopic (exact) mass is 572 g/mol. The molecule has 0 fully saturated rings. The average Bonchev–Trinajstić information content (AvgIpc) is 3.47. The van der Waals surface area contributed by atoms with Crippen molar-refractivity contribution in [2.45, 2.75) is 58.5 Å². The smallest absolute Gasteiger partial charge is 0.356 e. The molecule has 0 radical (unpaired) electrons. The number of aromatic nitrogens is 2. The second-order valence-corrected chi connectivity index (χ2v) is 12.3. The Hall–Kier alpha value is -4.10. The first kappa shape index (κ1) is 28.9. The minimum absolute atomic E-state index is 0.0664. The highest BCUT2D eigenvalue weighted by Crippen LogP contribution is 2.37. The van der Waals surface area contributed by atoms with Crippen LogP contribution in [0.5, 0.6) is 23.1 Å². The quantitative estimate of drug-likeness (QED) is 0.341. The molecule has 2 heterocycles. The molecule has 3 aromatic rings. The molecule has 214 valence electrons. The van der Waals surface area contributed by atoms with Gasteiger partial charge in [-0.25, -0.2) is 22.6 Å². The first-order valence-electron chi connectivity index (χ1n) is 12.5. The highest BCUT2D eigenvalue weighted by atomic mass is 32.2. The molecule has 12 nitrogen and oxygen atoms in total. The maximum Gasteiger partial charge on any atom is 0.356 e. The van der Waals surface area contributed by atoms with Gasteiger partial charge in [-0.3, -0.25) is 4.79 Å². The fourth-order valence-corrected chi connectivity index (χ4v) is 5.00. The van der Waals surface area contributed by atoms with Crippen LogP contribution in [0.2, 0.25) is 0 Å². The van der Waals surface area contributed by atoms with Gasteiger partial charge >= 0.3 is 5.97 Å². The van der Waals surface area contributed by atoms with Gasteiger partial charge in [-0.2, -0.15) is 5.10 Å². The summed E-state index contributed by atoms with van der Waals surface area (Å²) >= 11 is 0. The molecule has 0 unspecified atom stereocenters. The molecule has 0 saturated carbocycles. The molecule has 0 saturated heterocycles. The summed E-state index contributed by atoms with van der Waals surface area (Å²) in [5, 5.41) is 16.5. The Kier molecular flexibility index (Phi) is 7.81. The third-order valence-corrected chi connectivity index (χ3v) is 7.46. The molecule has 13 heteroatoms. The highest BCUT2D eigenvalue weighted by Gasteiger charge is 2.30. The van der Waals surface area contributed by atoms with Gasteiger partial charge in [0.25, 0.3) is 0 Å². The summed E-state index contributed by atoms with van der Waals surface area (Å²) in [6, 6.07) is 9.30. The van der Waals surface area contributed by atoms with E-state index in [0.29, 0.717) is 17.1 Å². The third-order valence-electron chi connectivity index (χ3n) is 6.04. The van der Waals surface area contributed by atoms with Crippen molar-refractivity contribution in [2.24, 2.45) is 5.92 Å². The van der Waals surface area contributed by atoms with Gasteiger partial charge in [-0.1, -0.05) is 19.9 Å². The van der Waals surface area contributed by atoms with Gasteiger partial charge in [-0.15, -0.1) is 0 Å². The van der Waals surface area contributed by atoms with Crippen LogP contribution < -0.4 is 24.2 Å². The van der Waals surface area contributed by atoms with Crippen LogP contribution in [0.25, 0.3) is 0 Å². The number of nitrogens with zero attached hydrogens (tertiary/aromatic N) is 2. The van der Waals surface area contributed by atoms with Gasteiger partial charge in [-0.05, 0) is 63.6 Å². The van der Waals surface area contributed by atoms with Crippen LogP contribution in [0.4, 0.5) is 5.69 Å². The standard InChI is InChI=1S/C27H32N4O8S/c1-15(2)24(32)29-18-8-10-20(39-25-16(3)23(26(33)34)30-31(25)27(4,5)6)22(12-18)40(35,36)28-13-17-7-9-19-21(11-17)38-14-37-19/h7-12,15,28H,13-14H2,1-6H3,(H,29,32)(H,33,34). The van der Waals surface area contributed by atoms with Crippen LogP contribution >= 0.6 is 0 Å². The number of benzene rings is 2. The number of fused-ring (bicyclic) bond motifs is 1. The lowest BCUT2D eigenvalue weighted by Crippen LogP contribution is -2.25. The number of hydrogen-bond acceptors (Lipinski definition) is 8. The highest BCUT2D eigenvalue weighted by molar-refractivity contribution is 7.89. The van der Waals surface area contributed by atoms with E-state index >= 15 is 0 Å². The van der Waals surface area contributed by atoms with Crippen molar-refractivity contribution in [1.82, 2.24) is 14.5 Å². The van der Waals surface area contributed by atoms with Crippen LogP contribution in [-0.2, 0) is 26.9 Å². The number of carbonyl (C=O) groups excluding carboxylic acids is 1. The summed E-state index contributed by atoms with van der Waals surface area (Å²) in [6.45, 7) is 10.4. The lowest BCUT2D eigenvalue weighted by atomic mass is 10.1. The Labute approximate surface area is 232 Å². The lowest BCUT2D eigenvalue weighted by Gasteiger charge is -2.23. The van der Waals surface area contributed by atoms with Crippen molar-refractivity contribution in [3.05, 3.63) is 53.2 Å². The molecule has 1 amide bonds. The summed E-state index contributed by atoms with van der Waals surface area (Å²) in [6.07, 6.45) is 0. The number of nitrogens with one attached hydrogen (secondary N) is 2. The number of rotatable bonds is 9. The third kappa shape index (κ3) is 6.05. The van der Waals surface area contributed by atoms with E-state index in [-0.39, 0.29) is 58.6 Å². The predicted octanol–water partition coefficient (Wildman–Crippen LogP) is 4.24. The maximum absolute atomic E-state index is 13.6. The largest absolute Gasteiger partial charge is 0.476 e. The zero-order chi connectivity index (χ0) is 29.4. The molecule has 4 rings (SSSR count). The van der Waals surface area contributed by atoms with Crippen molar-refractivity contribution in [3.8, 4) is 23.1 Å². The Morgan fingerprint density at radius 1 is 1.12 bits per heavy atom. The minimum Gasteiger partial charge on any atom is -0.476 e. The van der Waals surface area contributed by atoms with Crippen LogP contribution in [0.1, 0.15) is 56.2 Å². The van der Waals surface area contributed by atoms with Crippen molar-refractivity contribution < 1.29 is 37.3 Å². The van der Waals surface area contributed by atoms with Crippen molar-refractivity contribution >= 4 is 27.6 Å². The fourth-order valence-electron chi connectivity index (χ4n) is 3.84. The topological polar surface area (TPSA) is 158 Å². The zero-order valence-corrected chi connectivity index (χ0v) is 23.9. The molecule has 0 bridgehead atoms. The number of carbonyl (C=O) groups is 2. The van der Waals surface area contributed by atoms with Crippen molar-refractivity contribution in [2.75, 3.05) is 12.1 Å². The SMILES string of the molecule is Cc1c(C(=O)O)nn(C(C)(C)C)c1Oc1ccc(NC(=O)C(C)C)cc1S(=O)(=O)NCc1ccc2c(c1)OCO2. The normalized spacial score (nSPS) is 13.0. The first-order chi connectivity index (χ1) is 18.7. The number of carboxylic acids is 1. The molecule has 40 heavy (non-hydrogen) atoms. The number of hydrogen-bond donors (Lipinski definition) is 3. The van der Waals surface area contributed by atoms with Gasteiger partial charge in [0.15, 0.2) is 17.2 Å². The number of anilines is 1. The molecular formula is C27H32N4O8S. The lowest BCUT2D eigenvalue weighted by molar-refractivity contribution is -0.118. The molecule has 1 aliphatic rings. The van der Waals surface area contributed by atoms with Crippen LogP contribution in [0.15, 0.2) is 41.3 Å². The average molecular weight is 573 g/mol. The van der Waals surface area contributed by atoms with Crippen LogP contribution in [-0.4, -0.2) is 42.0 Å². The summed E-state index contributed by atoms with van der Waals surface area (Å²) in [7, 11) is -4.22. The van der Waals surface area contributed by atoms with E-state index in [2.05, 4.69) is 15.1 Å². The maximum atomic E-state index is 13.6.